The van der Waals surface area contributed by atoms with Crippen LogP contribution in [0.15, 0.2) is 12.3 Å². The monoisotopic (exact) mass is 211 g/mol. The molecular weight excluding hydrogens is 194 g/mol. The number of nitrogens with zero attached hydrogens (tertiary/aromatic N) is 1. The molecule has 0 saturated heterocycles. The van der Waals surface area contributed by atoms with Crippen molar-refractivity contribution >= 4 is 5.97 Å². The minimum absolute atomic E-state index is 0.412. The van der Waals surface area contributed by atoms with Crippen LogP contribution >= 0.6 is 0 Å². The lowest BCUT2D eigenvalue weighted by atomic mass is 10.2. The lowest BCUT2D eigenvalue weighted by molar-refractivity contribution is 0.0695. The fourth-order valence-electron chi connectivity index (χ4n) is 1.68. The first-order valence-corrected chi connectivity index (χ1v) is 5.11. The first kappa shape index (κ1) is 11.8. The second-order valence-corrected chi connectivity index (χ2v) is 3.37. The number of aromatic carboxylic acids is 1. The van der Waals surface area contributed by atoms with Crippen molar-refractivity contribution in [1.82, 2.24) is 4.57 Å². The third-order valence-electron chi connectivity index (χ3n) is 2.39. The number of rotatable bonds is 6. The first-order chi connectivity index (χ1) is 7.20. The van der Waals surface area contributed by atoms with Gasteiger partial charge in [-0.05, 0) is 18.9 Å². The molecule has 0 saturated carbocycles. The number of aryl methyl sites for hydroxylation is 1. The van der Waals surface area contributed by atoms with Crippen LogP contribution in [0.5, 0.6) is 0 Å². The second-order valence-electron chi connectivity index (χ2n) is 3.37. The number of carboxylic acid groups (broad SMARTS) is 1. The van der Waals surface area contributed by atoms with Crippen molar-refractivity contribution in [3.63, 3.8) is 0 Å². The number of aromatic nitrogens is 1. The molecule has 1 N–H and O–H groups in total. The zero-order chi connectivity index (χ0) is 11.3. The number of ether oxygens (including phenoxy) is 1. The van der Waals surface area contributed by atoms with E-state index in [9.17, 15) is 4.79 Å². The summed E-state index contributed by atoms with van der Waals surface area (Å²) < 4.78 is 6.95. The van der Waals surface area contributed by atoms with Crippen LogP contribution in [-0.4, -0.2) is 29.4 Å². The molecule has 4 heteroatoms. The maximum atomic E-state index is 10.9. The number of hydrogen-bond donors (Lipinski definition) is 1. The summed E-state index contributed by atoms with van der Waals surface area (Å²) in [4.78, 5) is 10.9. The van der Waals surface area contributed by atoms with E-state index in [1.165, 1.54) is 0 Å². The van der Waals surface area contributed by atoms with Crippen molar-refractivity contribution in [3.05, 3.63) is 23.5 Å². The van der Waals surface area contributed by atoms with E-state index in [1.807, 2.05) is 17.7 Å². The molecule has 1 heterocycles. The second kappa shape index (κ2) is 5.56. The number of carbonyl (C=O) groups is 1. The molecule has 15 heavy (non-hydrogen) atoms. The Balaban J connectivity index is 2.75. The molecular formula is C11H17NO3. The summed E-state index contributed by atoms with van der Waals surface area (Å²) in [6.45, 7) is 3.47. The molecule has 84 valence electrons. The van der Waals surface area contributed by atoms with Gasteiger partial charge in [0, 0.05) is 32.2 Å². The maximum absolute atomic E-state index is 10.9. The van der Waals surface area contributed by atoms with E-state index >= 15 is 0 Å². The molecule has 4 nitrogen and oxygen atoms in total. The molecule has 1 aromatic rings. The Morgan fingerprint density at radius 1 is 1.60 bits per heavy atom. The fourth-order valence-corrected chi connectivity index (χ4v) is 1.68. The number of carboxylic acids is 1. The SMILES string of the molecule is CCc1c(C(=O)O)ccn1CCCOC. The smallest absolute Gasteiger partial charge is 0.337 e. The van der Waals surface area contributed by atoms with Gasteiger partial charge in [-0.25, -0.2) is 4.79 Å². The summed E-state index contributed by atoms with van der Waals surface area (Å²) in [5.74, 6) is -0.850. The topological polar surface area (TPSA) is 51.5 Å². The standard InChI is InChI=1S/C11H17NO3/c1-3-10-9(11(13)14)5-7-12(10)6-4-8-15-2/h5,7H,3-4,6,8H2,1-2H3,(H,13,14). The van der Waals surface area contributed by atoms with Gasteiger partial charge >= 0.3 is 5.97 Å². The van der Waals surface area contributed by atoms with Gasteiger partial charge in [0.25, 0.3) is 0 Å². The highest BCUT2D eigenvalue weighted by molar-refractivity contribution is 5.89. The molecule has 0 unspecified atom stereocenters. The van der Waals surface area contributed by atoms with E-state index in [1.54, 1.807) is 13.2 Å². The Morgan fingerprint density at radius 3 is 2.87 bits per heavy atom. The van der Waals surface area contributed by atoms with Gasteiger partial charge < -0.3 is 14.4 Å². The van der Waals surface area contributed by atoms with E-state index in [4.69, 9.17) is 9.84 Å². The van der Waals surface area contributed by atoms with Crippen molar-refractivity contribution < 1.29 is 14.6 Å². The normalized spacial score (nSPS) is 10.5. The molecule has 0 amide bonds. The zero-order valence-electron chi connectivity index (χ0n) is 9.19. The highest BCUT2D eigenvalue weighted by Gasteiger charge is 2.12. The van der Waals surface area contributed by atoms with E-state index in [0.717, 1.165) is 25.1 Å². The average molecular weight is 211 g/mol. The Morgan fingerprint density at radius 2 is 2.33 bits per heavy atom. The van der Waals surface area contributed by atoms with Gasteiger partial charge in [0.2, 0.25) is 0 Å². The largest absolute Gasteiger partial charge is 0.478 e. The van der Waals surface area contributed by atoms with Gasteiger partial charge in [0.05, 0.1) is 5.56 Å². The molecule has 0 fully saturated rings. The van der Waals surface area contributed by atoms with Crippen LogP contribution in [0.25, 0.3) is 0 Å². The molecule has 1 aromatic heterocycles. The lowest BCUT2D eigenvalue weighted by Gasteiger charge is -2.07. The minimum atomic E-state index is -0.850. The lowest BCUT2D eigenvalue weighted by Crippen LogP contribution is -2.07. The Labute approximate surface area is 89.5 Å². The first-order valence-electron chi connectivity index (χ1n) is 5.11. The summed E-state index contributed by atoms with van der Waals surface area (Å²) in [5, 5.41) is 8.94. The van der Waals surface area contributed by atoms with E-state index in [2.05, 4.69) is 0 Å². The predicted molar refractivity (Wildman–Crippen MR) is 57.3 cm³/mol. The minimum Gasteiger partial charge on any atom is -0.478 e. The highest BCUT2D eigenvalue weighted by Crippen LogP contribution is 2.12. The van der Waals surface area contributed by atoms with Crippen LogP contribution in [0.4, 0.5) is 0 Å². The fraction of sp³-hybridized carbons (Fsp3) is 0.545. The highest BCUT2D eigenvalue weighted by atomic mass is 16.5. The van der Waals surface area contributed by atoms with Crippen molar-refractivity contribution in [2.24, 2.45) is 0 Å². The van der Waals surface area contributed by atoms with Gasteiger partial charge in [-0.15, -0.1) is 0 Å². The van der Waals surface area contributed by atoms with Gasteiger partial charge in [-0.2, -0.15) is 0 Å². The van der Waals surface area contributed by atoms with Crippen LogP contribution in [0.1, 0.15) is 29.4 Å². The molecule has 0 atom stereocenters. The summed E-state index contributed by atoms with van der Waals surface area (Å²) in [6.07, 6.45) is 3.47. The van der Waals surface area contributed by atoms with Crippen LogP contribution < -0.4 is 0 Å². The summed E-state index contributed by atoms with van der Waals surface area (Å²) in [7, 11) is 1.67. The van der Waals surface area contributed by atoms with Gasteiger partial charge in [-0.1, -0.05) is 6.92 Å². The van der Waals surface area contributed by atoms with Gasteiger partial charge in [0.1, 0.15) is 0 Å². The van der Waals surface area contributed by atoms with Gasteiger partial charge in [0.15, 0.2) is 0 Å². The third kappa shape index (κ3) is 2.83. The van der Waals surface area contributed by atoms with Crippen LogP contribution in [0.3, 0.4) is 0 Å². The molecule has 0 radical (unpaired) electrons. The zero-order valence-corrected chi connectivity index (χ0v) is 9.19. The van der Waals surface area contributed by atoms with Crippen molar-refractivity contribution in [2.45, 2.75) is 26.3 Å². The Hall–Kier alpha value is -1.29. The number of methoxy groups -OCH3 is 1. The van der Waals surface area contributed by atoms with Crippen LogP contribution in [0.2, 0.25) is 0 Å². The average Bonchev–Trinajstić information content (AvgIpc) is 2.61. The molecule has 0 aliphatic rings. The molecule has 0 aliphatic heterocycles. The number of hydrogen-bond acceptors (Lipinski definition) is 2. The Bertz CT molecular complexity index is 331. The summed E-state index contributed by atoms with van der Waals surface area (Å²) in [6, 6.07) is 1.66. The van der Waals surface area contributed by atoms with Gasteiger partial charge in [-0.3, -0.25) is 0 Å². The Kier molecular flexibility index (Phi) is 4.37. The maximum Gasteiger partial charge on any atom is 0.337 e. The van der Waals surface area contributed by atoms with Crippen molar-refractivity contribution in [2.75, 3.05) is 13.7 Å². The van der Waals surface area contributed by atoms with E-state index in [-0.39, 0.29) is 0 Å². The van der Waals surface area contributed by atoms with Crippen molar-refractivity contribution in [1.29, 1.82) is 0 Å². The predicted octanol–water partition coefficient (Wildman–Crippen LogP) is 1.79. The molecule has 1 rings (SSSR count). The van der Waals surface area contributed by atoms with Crippen LogP contribution in [-0.2, 0) is 17.7 Å². The molecule has 0 aromatic carbocycles. The molecule has 0 aliphatic carbocycles. The van der Waals surface area contributed by atoms with E-state index in [0.29, 0.717) is 12.2 Å². The van der Waals surface area contributed by atoms with Crippen LogP contribution in [0, 0.1) is 0 Å². The quantitative estimate of drug-likeness (QED) is 0.730. The third-order valence-corrected chi connectivity index (χ3v) is 2.39. The van der Waals surface area contributed by atoms with Crippen molar-refractivity contribution in [3.8, 4) is 0 Å². The summed E-state index contributed by atoms with van der Waals surface area (Å²) in [5.41, 5.74) is 1.30. The summed E-state index contributed by atoms with van der Waals surface area (Å²) >= 11 is 0. The van der Waals surface area contributed by atoms with E-state index < -0.39 is 5.97 Å². The molecule has 0 spiro atoms. The molecule has 0 bridgehead atoms.